The molecular formula is C23H23ClFNO5. The predicted octanol–water partition coefficient (Wildman–Crippen LogP) is 4.14. The van der Waals surface area contributed by atoms with Gasteiger partial charge in [0.25, 0.3) is 5.91 Å². The Bertz CT molecular complexity index is 1010. The molecule has 2 aromatic rings. The van der Waals surface area contributed by atoms with Crippen LogP contribution < -0.4 is 4.74 Å². The van der Waals surface area contributed by atoms with Crippen LogP contribution in [0.25, 0.3) is 0 Å². The molecule has 1 atom stereocenters. The van der Waals surface area contributed by atoms with Crippen LogP contribution in [0.5, 0.6) is 5.75 Å². The molecule has 0 spiro atoms. The number of benzene rings is 2. The normalized spacial score (nSPS) is 18.4. The average molecular weight is 448 g/mol. The van der Waals surface area contributed by atoms with Crippen molar-refractivity contribution in [3.05, 3.63) is 64.4 Å². The van der Waals surface area contributed by atoms with Crippen LogP contribution in [0.4, 0.5) is 4.39 Å². The van der Waals surface area contributed by atoms with Gasteiger partial charge in [-0.15, -0.1) is 0 Å². The smallest absolute Gasteiger partial charge is 0.338 e. The Morgan fingerprint density at radius 2 is 1.94 bits per heavy atom. The Labute approximate surface area is 184 Å². The van der Waals surface area contributed by atoms with Crippen molar-refractivity contribution in [3.8, 4) is 5.75 Å². The molecule has 0 N–H and O–H groups in total. The standard InChI is InChI=1S/C23H23ClFNO5/c1-26(21(28)14-31-22(29)15-10-11-19(30-2)18(25)13-15)23(12-6-5-9-20(23)27)16-7-3-4-8-17(16)24/h3-4,7-8,10-11,13H,5-6,9,12,14H2,1-2H3. The number of ether oxygens (including phenoxy) is 2. The van der Waals surface area contributed by atoms with Gasteiger partial charge in [0.05, 0.1) is 12.7 Å². The lowest BCUT2D eigenvalue weighted by Crippen LogP contribution is -2.55. The van der Waals surface area contributed by atoms with Crippen LogP contribution in [-0.2, 0) is 19.9 Å². The van der Waals surface area contributed by atoms with Gasteiger partial charge < -0.3 is 14.4 Å². The van der Waals surface area contributed by atoms with Crippen molar-refractivity contribution in [2.24, 2.45) is 0 Å². The molecule has 0 bridgehead atoms. The van der Waals surface area contributed by atoms with E-state index in [1.807, 2.05) is 0 Å². The van der Waals surface area contributed by atoms with Crippen LogP contribution in [0, 0.1) is 5.82 Å². The molecule has 31 heavy (non-hydrogen) atoms. The van der Waals surface area contributed by atoms with Crippen LogP contribution in [0.15, 0.2) is 42.5 Å². The molecule has 0 radical (unpaired) electrons. The number of hydrogen-bond acceptors (Lipinski definition) is 5. The highest BCUT2D eigenvalue weighted by molar-refractivity contribution is 6.31. The van der Waals surface area contributed by atoms with Crippen LogP contribution in [0.3, 0.4) is 0 Å². The molecule has 6 nitrogen and oxygen atoms in total. The number of esters is 1. The summed E-state index contributed by atoms with van der Waals surface area (Å²) in [5.74, 6) is -2.25. The Morgan fingerprint density at radius 3 is 2.58 bits per heavy atom. The van der Waals surface area contributed by atoms with Crippen molar-refractivity contribution in [2.45, 2.75) is 31.2 Å². The fraction of sp³-hybridized carbons (Fsp3) is 0.348. The highest BCUT2D eigenvalue weighted by atomic mass is 35.5. The number of likely N-dealkylation sites (N-methyl/N-ethyl adjacent to an activating group) is 1. The van der Waals surface area contributed by atoms with Crippen LogP contribution in [0.2, 0.25) is 5.02 Å². The lowest BCUT2D eigenvalue weighted by atomic mass is 9.74. The molecule has 8 heteroatoms. The third-order valence-electron chi connectivity index (χ3n) is 5.63. The molecule has 164 valence electrons. The number of rotatable bonds is 6. The lowest BCUT2D eigenvalue weighted by Gasteiger charge is -2.43. The van der Waals surface area contributed by atoms with Gasteiger partial charge in [-0.1, -0.05) is 29.8 Å². The molecule has 1 aliphatic rings. The fourth-order valence-electron chi connectivity index (χ4n) is 3.94. The van der Waals surface area contributed by atoms with Gasteiger partial charge in [-0.05, 0) is 43.5 Å². The van der Waals surface area contributed by atoms with Crippen molar-refractivity contribution in [1.29, 1.82) is 0 Å². The Kier molecular flexibility index (Phi) is 6.95. The van der Waals surface area contributed by atoms with Gasteiger partial charge >= 0.3 is 5.97 Å². The fourth-order valence-corrected chi connectivity index (χ4v) is 4.24. The number of carbonyl (C=O) groups excluding carboxylic acids is 3. The third kappa shape index (κ3) is 4.42. The summed E-state index contributed by atoms with van der Waals surface area (Å²) in [6.45, 7) is -0.595. The van der Waals surface area contributed by atoms with Crippen LogP contribution >= 0.6 is 11.6 Å². The summed E-state index contributed by atoms with van der Waals surface area (Å²) in [5.41, 5.74) is -0.712. The minimum atomic E-state index is -1.22. The number of halogens is 2. The van der Waals surface area contributed by atoms with Crippen molar-refractivity contribution < 1.29 is 28.2 Å². The molecule has 0 aromatic heterocycles. The summed E-state index contributed by atoms with van der Waals surface area (Å²) >= 11 is 6.39. The van der Waals surface area contributed by atoms with Crippen molar-refractivity contribution >= 4 is 29.3 Å². The number of Topliss-reactive ketones (excluding diaryl/α,β-unsaturated/α-hetero) is 1. The molecule has 1 amide bonds. The number of amides is 1. The Hall–Kier alpha value is -2.93. The topological polar surface area (TPSA) is 72.9 Å². The van der Waals surface area contributed by atoms with E-state index in [0.717, 1.165) is 18.9 Å². The number of methoxy groups -OCH3 is 1. The van der Waals surface area contributed by atoms with E-state index in [-0.39, 0.29) is 17.1 Å². The average Bonchev–Trinajstić information content (AvgIpc) is 2.77. The first-order chi connectivity index (χ1) is 14.8. The molecule has 1 fully saturated rings. The predicted molar refractivity (Wildman–Crippen MR) is 113 cm³/mol. The van der Waals surface area contributed by atoms with Gasteiger partial charge in [-0.2, -0.15) is 0 Å². The quantitative estimate of drug-likeness (QED) is 0.622. The summed E-state index contributed by atoms with van der Waals surface area (Å²) in [6, 6.07) is 10.6. The molecule has 1 aliphatic carbocycles. The van der Waals surface area contributed by atoms with Crippen LogP contribution in [-0.4, -0.2) is 43.3 Å². The molecule has 3 rings (SSSR count). The molecule has 1 unspecified atom stereocenters. The van der Waals surface area contributed by atoms with Crippen molar-refractivity contribution in [3.63, 3.8) is 0 Å². The van der Waals surface area contributed by atoms with E-state index < -0.39 is 29.8 Å². The summed E-state index contributed by atoms with van der Waals surface area (Å²) < 4.78 is 23.8. The van der Waals surface area contributed by atoms with E-state index in [1.165, 1.54) is 31.2 Å². The zero-order valence-corrected chi connectivity index (χ0v) is 18.1. The Morgan fingerprint density at radius 1 is 1.19 bits per heavy atom. The molecule has 0 saturated heterocycles. The van der Waals surface area contributed by atoms with E-state index in [9.17, 15) is 18.8 Å². The minimum absolute atomic E-state index is 0.00940. The van der Waals surface area contributed by atoms with Gasteiger partial charge in [-0.3, -0.25) is 9.59 Å². The number of ketones is 1. The van der Waals surface area contributed by atoms with E-state index >= 15 is 0 Å². The van der Waals surface area contributed by atoms with Gasteiger partial charge in [0.2, 0.25) is 0 Å². The summed E-state index contributed by atoms with van der Waals surface area (Å²) in [7, 11) is 2.82. The molecule has 2 aromatic carbocycles. The summed E-state index contributed by atoms with van der Waals surface area (Å²) in [4.78, 5) is 39.6. The number of hydrogen-bond donors (Lipinski definition) is 0. The van der Waals surface area contributed by atoms with Gasteiger partial charge in [0.1, 0.15) is 5.54 Å². The van der Waals surface area contributed by atoms with Crippen molar-refractivity contribution in [1.82, 2.24) is 4.90 Å². The highest BCUT2D eigenvalue weighted by Gasteiger charge is 2.48. The molecule has 0 aliphatic heterocycles. The molecule has 1 saturated carbocycles. The largest absolute Gasteiger partial charge is 0.494 e. The van der Waals surface area contributed by atoms with Gasteiger partial charge in [-0.25, -0.2) is 9.18 Å². The van der Waals surface area contributed by atoms with Crippen LogP contribution in [0.1, 0.15) is 41.6 Å². The summed E-state index contributed by atoms with van der Waals surface area (Å²) in [5, 5.41) is 0.392. The Balaban J connectivity index is 1.79. The second kappa shape index (κ2) is 9.47. The zero-order valence-electron chi connectivity index (χ0n) is 17.3. The first-order valence-corrected chi connectivity index (χ1v) is 10.2. The zero-order chi connectivity index (χ0) is 22.6. The van der Waals surface area contributed by atoms with E-state index in [2.05, 4.69) is 0 Å². The lowest BCUT2D eigenvalue weighted by molar-refractivity contribution is -0.150. The maximum Gasteiger partial charge on any atom is 0.338 e. The monoisotopic (exact) mass is 447 g/mol. The second-order valence-corrected chi connectivity index (χ2v) is 7.76. The summed E-state index contributed by atoms with van der Waals surface area (Å²) in [6.07, 6.45) is 2.24. The maximum atomic E-state index is 13.8. The van der Waals surface area contributed by atoms with Gasteiger partial charge in [0, 0.05) is 24.1 Å². The highest BCUT2D eigenvalue weighted by Crippen LogP contribution is 2.42. The van der Waals surface area contributed by atoms with Gasteiger partial charge in [0.15, 0.2) is 24.0 Å². The molecule has 0 heterocycles. The second-order valence-electron chi connectivity index (χ2n) is 7.35. The third-order valence-corrected chi connectivity index (χ3v) is 5.96. The number of carbonyl (C=O) groups is 3. The van der Waals surface area contributed by atoms with E-state index in [4.69, 9.17) is 21.1 Å². The molecular weight excluding hydrogens is 425 g/mol. The van der Waals surface area contributed by atoms with E-state index in [0.29, 0.717) is 23.4 Å². The first-order valence-electron chi connectivity index (χ1n) is 9.87. The minimum Gasteiger partial charge on any atom is -0.494 e. The number of nitrogens with zero attached hydrogens (tertiary/aromatic N) is 1. The van der Waals surface area contributed by atoms with E-state index in [1.54, 1.807) is 24.3 Å². The van der Waals surface area contributed by atoms with Crippen molar-refractivity contribution in [2.75, 3.05) is 20.8 Å². The first kappa shape index (κ1) is 22.7. The maximum absolute atomic E-state index is 13.8. The SMILES string of the molecule is COc1ccc(C(=O)OCC(=O)N(C)C2(c3ccccc3Cl)CCCCC2=O)cc1F.